The molecule has 7 atom stereocenters. The van der Waals surface area contributed by atoms with Crippen molar-refractivity contribution in [1.29, 1.82) is 0 Å². The van der Waals surface area contributed by atoms with E-state index in [1.54, 1.807) is 0 Å². The molecule has 0 aromatic heterocycles. The van der Waals surface area contributed by atoms with Gasteiger partial charge in [0.15, 0.2) is 0 Å². The number of halogens is 1. The highest BCUT2D eigenvalue weighted by molar-refractivity contribution is 9.10. The summed E-state index contributed by atoms with van der Waals surface area (Å²) in [5, 5.41) is 11.0. The monoisotopic (exact) mass is 488 g/mol. The number of aliphatic hydroxyl groups excluding tert-OH is 1. The quantitative estimate of drug-likeness (QED) is 0.381. The summed E-state index contributed by atoms with van der Waals surface area (Å²) < 4.78 is 1.11. The van der Waals surface area contributed by atoms with Crippen LogP contribution in [0.2, 0.25) is 0 Å². The van der Waals surface area contributed by atoms with Gasteiger partial charge >= 0.3 is 0 Å². The van der Waals surface area contributed by atoms with Gasteiger partial charge in [0, 0.05) is 28.0 Å². The third-order valence-electron chi connectivity index (χ3n) is 9.13. The fourth-order valence-corrected chi connectivity index (χ4v) is 8.85. The number of hydrogen-bond acceptors (Lipinski definition) is 3. The molecule has 0 amide bonds. The van der Waals surface area contributed by atoms with Crippen molar-refractivity contribution in [2.24, 2.45) is 34.5 Å². The number of allylic oxidation sites excluding steroid dienone is 1. The first-order valence-electron chi connectivity index (χ1n) is 11.6. The van der Waals surface area contributed by atoms with Gasteiger partial charge in [0.05, 0.1) is 6.10 Å². The number of thioether (sulfide) groups is 1. The number of carbonyl (C=O) groups excluding carboxylic acids is 1. The average Bonchev–Trinajstić information content (AvgIpc) is 3.02. The van der Waals surface area contributed by atoms with E-state index in [1.807, 2.05) is 11.8 Å². The van der Waals surface area contributed by atoms with E-state index < -0.39 is 0 Å². The van der Waals surface area contributed by atoms with Crippen LogP contribution in [-0.2, 0) is 4.79 Å². The third kappa shape index (κ3) is 3.55. The summed E-state index contributed by atoms with van der Waals surface area (Å²) >= 11 is 5.39. The van der Waals surface area contributed by atoms with E-state index in [2.05, 4.69) is 60.1 Å². The Hall–Kier alpha value is -0.580. The van der Waals surface area contributed by atoms with Gasteiger partial charge in [-0.05, 0) is 90.9 Å². The first kappa shape index (κ1) is 21.3. The van der Waals surface area contributed by atoms with Crippen LogP contribution in [0.15, 0.2) is 45.3 Å². The Bertz CT molecular complexity index is 864. The molecule has 4 heteroatoms. The van der Waals surface area contributed by atoms with Gasteiger partial charge in [-0.3, -0.25) is 4.79 Å². The van der Waals surface area contributed by atoms with Gasteiger partial charge in [-0.2, -0.15) is 0 Å². The van der Waals surface area contributed by atoms with Gasteiger partial charge in [0.1, 0.15) is 5.78 Å². The summed E-state index contributed by atoms with van der Waals surface area (Å²) in [6.45, 7) is 4.86. The van der Waals surface area contributed by atoms with E-state index >= 15 is 0 Å². The number of rotatable bonds is 3. The lowest BCUT2D eigenvalue weighted by Gasteiger charge is -2.58. The average molecular weight is 490 g/mol. The summed E-state index contributed by atoms with van der Waals surface area (Å²) in [7, 11) is 0. The second kappa shape index (κ2) is 7.78. The number of carbonyl (C=O) groups is 1. The molecule has 4 aliphatic carbocycles. The van der Waals surface area contributed by atoms with Gasteiger partial charge in [-0.1, -0.05) is 41.4 Å². The standard InChI is InChI=1S/C26H33BrO2S/c1-25-10-9-22-21(23(25)12-19(28)14-25)8-3-17-11-24(29)16(13-26(17,22)2)15-30-20-6-4-18(27)5-7-20/h3-7,16,21-24,29H,8-15H2,1-2H3/t16?,21-,22+,23+,24-,25-,26+/m1/s1. The summed E-state index contributed by atoms with van der Waals surface area (Å²) in [5.41, 5.74) is 1.94. The minimum Gasteiger partial charge on any atom is -0.392 e. The lowest BCUT2D eigenvalue weighted by atomic mass is 9.47. The number of Topliss-reactive ketones (excluding diaryl/α,β-unsaturated/α-hetero) is 1. The van der Waals surface area contributed by atoms with Crippen molar-refractivity contribution in [3.8, 4) is 0 Å². The maximum Gasteiger partial charge on any atom is 0.133 e. The summed E-state index contributed by atoms with van der Waals surface area (Å²) in [4.78, 5) is 13.6. The summed E-state index contributed by atoms with van der Waals surface area (Å²) in [5.74, 6) is 3.70. The van der Waals surface area contributed by atoms with Crippen LogP contribution < -0.4 is 0 Å². The zero-order valence-corrected chi connectivity index (χ0v) is 20.5. The molecule has 3 saturated carbocycles. The van der Waals surface area contributed by atoms with Crippen molar-refractivity contribution < 1.29 is 9.90 Å². The van der Waals surface area contributed by atoms with E-state index in [4.69, 9.17) is 0 Å². The molecule has 0 heterocycles. The van der Waals surface area contributed by atoms with Crippen molar-refractivity contribution in [2.45, 2.75) is 69.8 Å². The number of fused-ring (bicyclic) bond motifs is 5. The minimum atomic E-state index is -0.231. The Morgan fingerprint density at radius 3 is 2.70 bits per heavy atom. The predicted molar refractivity (Wildman–Crippen MR) is 126 cm³/mol. The van der Waals surface area contributed by atoms with Crippen molar-refractivity contribution in [2.75, 3.05) is 5.75 Å². The maximum absolute atomic E-state index is 12.3. The van der Waals surface area contributed by atoms with Crippen LogP contribution in [0, 0.1) is 34.5 Å². The van der Waals surface area contributed by atoms with Crippen molar-refractivity contribution in [3.63, 3.8) is 0 Å². The van der Waals surface area contributed by atoms with Crippen molar-refractivity contribution in [1.82, 2.24) is 0 Å². The fraction of sp³-hybridized carbons (Fsp3) is 0.654. The topological polar surface area (TPSA) is 37.3 Å². The molecule has 1 N–H and O–H groups in total. The first-order chi connectivity index (χ1) is 14.3. The first-order valence-corrected chi connectivity index (χ1v) is 13.3. The molecule has 5 rings (SSSR count). The number of aliphatic hydroxyl groups is 1. The maximum atomic E-state index is 12.3. The largest absolute Gasteiger partial charge is 0.392 e. The molecular weight excluding hydrogens is 456 g/mol. The van der Waals surface area contributed by atoms with Crippen LogP contribution in [0.5, 0.6) is 0 Å². The van der Waals surface area contributed by atoms with Crippen LogP contribution in [0.1, 0.15) is 58.8 Å². The lowest BCUT2D eigenvalue weighted by molar-refractivity contribution is -0.118. The molecule has 0 bridgehead atoms. The highest BCUT2D eigenvalue weighted by atomic mass is 79.9. The Morgan fingerprint density at radius 2 is 1.93 bits per heavy atom. The van der Waals surface area contributed by atoms with Crippen LogP contribution >= 0.6 is 27.7 Å². The smallest absolute Gasteiger partial charge is 0.133 e. The number of hydrogen-bond donors (Lipinski definition) is 1. The molecule has 4 aliphatic rings. The highest BCUT2D eigenvalue weighted by Crippen LogP contribution is 2.64. The Kier molecular flexibility index (Phi) is 5.51. The minimum absolute atomic E-state index is 0.195. The molecule has 0 saturated heterocycles. The molecule has 1 unspecified atom stereocenters. The second-order valence-electron chi connectivity index (χ2n) is 10.9. The van der Waals surface area contributed by atoms with Crippen LogP contribution in [0.3, 0.4) is 0 Å². The molecule has 162 valence electrons. The molecule has 2 nitrogen and oxygen atoms in total. The fourth-order valence-electron chi connectivity index (χ4n) is 7.51. The molecule has 1 aromatic carbocycles. The Morgan fingerprint density at radius 1 is 1.17 bits per heavy atom. The van der Waals surface area contributed by atoms with Crippen LogP contribution in [0.4, 0.5) is 0 Å². The molecular formula is C26H33BrO2S. The van der Waals surface area contributed by atoms with Crippen LogP contribution in [-0.4, -0.2) is 22.7 Å². The second-order valence-corrected chi connectivity index (χ2v) is 12.9. The van der Waals surface area contributed by atoms with Gasteiger partial charge in [0.2, 0.25) is 0 Å². The van der Waals surface area contributed by atoms with E-state index in [-0.39, 0.29) is 16.9 Å². The molecule has 0 radical (unpaired) electrons. The Labute approximate surface area is 193 Å². The van der Waals surface area contributed by atoms with Gasteiger partial charge in [-0.15, -0.1) is 11.8 Å². The molecule has 1 aromatic rings. The SMILES string of the molecule is C[C@]12CC[C@H]3[C@@H](CC=C4C[C@@H](O)C(CSc5ccc(Br)cc5)C[C@@]43C)[C@@H]1CC(=O)C2. The van der Waals surface area contributed by atoms with Crippen molar-refractivity contribution in [3.05, 3.63) is 40.4 Å². The van der Waals surface area contributed by atoms with E-state index in [0.29, 0.717) is 29.5 Å². The zero-order valence-electron chi connectivity index (χ0n) is 18.1. The van der Waals surface area contributed by atoms with Gasteiger partial charge < -0.3 is 5.11 Å². The number of ketones is 1. The Balaban J connectivity index is 1.35. The molecule has 0 spiro atoms. The lowest BCUT2D eigenvalue weighted by Crippen LogP contribution is -2.51. The highest BCUT2D eigenvalue weighted by Gasteiger charge is 2.58. The third-order valence-corrected chi connectivity index (χ3v) is 10.9. The van der Waals surface area contributed by atoms with Crippen molar-refractivity contribution >= 4 is 33.5 Å². The molecule has 0 aliphatic heterocycles. The van der Waals surface area contributed by atoms with Gasteiger partial charge in [0.25, 0.3) is 0 Å². The van der Waals surface area contributed by atoms with Crippen LogP contribution in [0.25, 0.3) is 0 Å². The molecule has 3 fully saturated rings. The predicted octanol–water partition coefficient (Wildman–Crippen LogP) is 6.66. The summed E-state index contributed by atoms with van der Waals surface area (Å²) in [6, 6.07) is 8.50. The van der Waals surface area contributed by atoms with E-state index in [0.717, 1.165) is 42.3 Å². The van der Waals surface area contributed by atoms with E-state index in [1.165, 1.54) is 23.3 Å². The zero-order chi connectivity index (χ0) is 21.1. The molecule has 30 heavy (non-hydrogen) atoms. The normalized spacial score (nSPS) is 42.9. The van der Waals surface area contributed by atoms with Gasteiger partial charge in [-0.25, -0.2) is 0 Å². The number of benzene rings is 1. The van der Waals surface area contributed by atoms with E-state index in [9.17, 15) is 9.90 Å². The summed E-state index contributed by atoms with van der Waals surface area (Å²) in [6.07, 6.45) is 9.35.